The first kappa shape index (κ1) is 20.1. The van der Waals surface area contributed by atoms with Crippen molar-refractivity contribution in [2.24, 2.45) is 4.99 Å². The van der Waals surface area contributed by atoms with Gasteiger partial charge in [0, 0.05) is 57.1 Å². The van der Waals surface area contributed by atoms with Gasteiger partial charge in [-0.25, -0.2) is 9.98 Å². The topological polar surface area (TPSA) is 79.0 Å². The van der Waals surface area contributed by atoms with Crippen LogP contribution in [0.1, 0.15) is 31.5 Å². The molecule has 0 spiro atoms. The van der Waals surface area contributed by atoms with Gasteiger partial charge in [0.05, 0.1) is 18.8 Å². The first-order chi connectivity index (χ1) is 13.8. The Bertz CT molecular complexity index is 726. The number of pyridine rings is 1. The highest BCUT2D eigenvalue weighted by Crippen LogP contribution is 2.16. The lowest BCUT2D eigenvalue weighted by molar-refractivity contribution is 0.169. The molecule has 0 atom stereocenters. The highest BCUT2D eigenvalue weighted by molar-refractivity contribution is 5.80. The average Bonchev–Trinajstić information content (AvgIpc) is 3.24. The van der Waals surface area contributed by atoms with Crippen LogP contribution < -0.4 is 10.1 Å². The van der Waals surface area contributed by atoms with E-state index in [0.717, 1.165) is 62.9 Å². The minimum Gasteiger partial charge on any atom is -0.477 e. The van der Waals surface area contributed by atoms with Crippen molar-refractivity contribution in [3.05, 3.63) is 41.9 Å². The summed E-state index contributed by atoms with van der Waals surface area (Å²) < 4.78 is 10.7. The molecule has 1 fully saturated rings. The molecule has 0 aliphatic carbocycles. The fraction of sp³-hybridized carbons (Fsp3) is 0.550. The van der Waals surface area contributed by atoms with Gasteiger partial charge in [-0.1, -0.05) is 18.1 Å². The van der Waals surface area contributed by atoms with E-state index in [1.165, 1.54) is 0 Å². The fourth-order valence-electron chi connectivity index (χ4n) is 3.13. The molecule has 8 heteroatoms. The summed E-state index contributed by atoms with van der Waals surface area (Å²) in [5.41, 5.74) is 1.99. The number of ether oxygens (including phenoxy) is 1. The minimum atomic E-state index is 0.550. The Kier molecular flexibility index (Phi) is 7.66. The molecule has 0 amide bonds. The van der Waals surface area contributed by atoms with E-state index in [9.17, 15) is 0 Å². The van der Waals surface area contributed by atoms with Crippen LogP contribution in [-0.2, 0) is 13.1 Å². The maximum atomic E-state index is 5.75. The van der Waals surface area contributed by atoms with Crippen LogP contribution >= 0.6 is 0 Å². The van der Waals surface area contributed by atoms with Crippen LogP contribution in [0.3, 0.4) is 0 Å². The molecule has 0 unspecified atom stereocenters. The number of guanidine groups is 1. The van der Waals surface area contributed by atoms with E-state index in [0.29, 0.717) is 19.0 Å². The number of nitrogens with one attached hydrogen (secondary N) is 1. The molecule has 8 nitrogen and oxygen atoms in total. The summed E-state index contributed by atoms with van der Waals surface area (Å²) in [6.07, 6.45) is 4.34. The van der Waals surface area contributed by atoms with E-state index >= 15 is 0 Å². The second kappa shape index (κ2) is 10.7. The lowest BCUT2D eigenvalue weighted by atomic mass is 10.2. The highest BCUT2D eigenvalue weighted by atomic mass is 16.5. The molecule has 3 heterocycles. The third kappa shape index (κ3) is 5.69. The molecule has 1 saturated heterocycles. The predicted molar refractivity (Wildman–Crippen MR) is 108 cm³/mol. The molecule has 0 aromatic carbocycles. The molecule has 1 aliphatic rings. The van der Waals surface area contributed by atoms with Crippen molar-refractivity contribution in [1.82, 2.24) is 25.3 Å². The molecular formula is C20H30N6O2. The van der Waals surface area contributed by atoms with E-state index < -0.39 is 0 Å². The summed E-state index contributed by atoms with van der Waals surface area (Å²) in [5, 5.41) is 7.42. The predicted octanol–water partition coefficient (Wildman–Crippen LogP) is 2.14. The molecule has 1 N–H and O–H groups in total. The van der Waals surface area contributed by atoms with E-state index in [-0.39, 0.29) is 0 Å². The normalized spacial score (nSPS) is 15.6. The minimum absolute atomic E-state index is 0.550. The van der Waals surface area contributed by atoms with Gasteiger partial charge in [0.15, 0.2) is 5.96 Å². The summed E-state index contributed by atoms with van der Waals surface area (Å²) in [6.45, 7) is 10.9. The Balaban J connectivity index is 1.59. The van der Waals surface area contributed by atoms with Crippen molar-refractivity contribution in [2.75, 3.05) is 39.3 Å². The summed E-state index contributed by atoms with van der Waals surface area (Å²) in [5.74, 6) is 1.62. The SMILES string of the molecule is CCCOc1ncccc1CN=C(NCC)N1CCN(Cc2ccon2)CC1. The van der Waals surface area contributed by atoms with Gasteiger partial charge >= 0.3 is 0 Å². The van der Waals surface area contributed by atoms with E-state index in [1.807, 2.05) is 18.2 Å². The average molecular weight is 387 g/mol. The molecule has 28 heavy (non-hydrogen) atoms. The van der Waals surface area contributed by atoms with Crippen molar-refractivity contribution in [3.8, 4) is 5.88 Å². The molecule has 2 aromatic rings. The number of nitrogens with zero attached hydrogens (tertiary/aromatic N) is 5. The fourth-order valence-corrected chi connectivity index (χ4v) is 3.13. The molecule has 152 valence electrons. The number of rotatable bonds is 8. The van der Waals surface area contributed by atoms with Gasteiger partial charge in [-0.2, -0.15) is 0 Å². The number of hydrogen-bond acceptors (Lipinski definition) is 6. The van der Waals surface area contributed by atoms with Gasteiger partial charge in [-0.05, 0) is 19.4 Å². The Labute approximate surface area is 166 Å². The molecule has 0 saturated carbocycles. The van der Waals surface area contributed by atoms with Crippen molar-refractivity contribution < 1.29 is 9.26 Å². The Morgan fingerprint density at radius 2 is 2.11 bits per heavy atom. The van der Waals surface area contributed by atoms with E-state index in [4.69, 9.17) is 14.3 Å². The van der Waals surface area contributed by atoms with Crippen molar-refractivity contribution in [1.29, 1.82) is 0 Å². The third-order valence-electron chi connectivity index (χ3n) is 4.58. The van der Waals surface area contributed by atoms with Crippen LogP contribution in [0.5, 0.6) is 5.88 Å². The quantitative estimate of drug-likeness (QED) is 0.550. The first-order valence-electron chi connectivity index (χ1n) is 10.0. The maximum Gasteiger partial charge on any atom is 0.218 e. The van der Waals surface area contributed by atoms with Crippen LogP contribution in [0, 0.1) is 0 Å². The lowest BCUT2D eigenvalue weighted by Gasteiger charge is -2.36. The van der Waals surface area contributed by atoms with Crippen molar-refractivity contribution in [2.45, 2.75) is 33.4 Å². The van der Waals surface area contributed by atoms with Gasteiger partial charge in [0.25, 0.3) is 0 Å². The molecule has 3 rings (SSSR count). The first-order valence-corrected chi connectivity index (χ1v) is 10.0. The maximum absolute atomic E-state index is 5.75. The van der Waals surface area contributed by atoms with Crippen LogP contribution in [0.2, 0.25) is 0 Å². The zero-order valence-electron chi connectivity index (χ0n) is 16.8. The third-order valence-corrected chi connectivity index (χ3v) is 4.58. The van der Waals surface area contributed by atoms with Gasteiger partial charge in [0.1, 0.15) is 6.26 Å². The summed E-state index contributed by atoms with van der Waals surface area (Å²) in [7, 11) is 0. The smallest absolute Gasteiger partial charge is 0.218 e. The lowest BCUT2D eigenvalue weighted by Crippen LogP contribution is -2.52. The molecular weight excluding hydrogens is 356 g/mol. The Morgan fingerprint density at radius 3 is 2.82 bits per heavy atom. The summed E-state index contributed by atoms with van der Waals surface area (Å²) >= 11 is 0. The number of aliphatic imine (C=N–C) groups is 1. The monoisotopic (exact) mass is 386 g/mol. The molecule has 1 aliphatic heterocycles. The largest absolute Gasteiger partial charge is 0.477 e. The van der Waals surface area contributed by atoms with Gasteiger partial charge in [-0.3, -0.25) is 4.90 Å². The van der Waals surface area contributed by atoms with Crippen LogP contribution in [0.25, 0.3) is 0 Å². The van der Waals surface area contributed by atoms with Crippen LogP contribution in [0.4, 0.5) is 0 Å². The molecule has 0 bridgehead atoms. The zero-order chi connectivity index (χ0) is 19.6. The van der Waals surface area contributed by atoms with Crippen molar-refractivity contribution in [3.63, 3.8) is 0 Å². The second-order valence-corrected chi connectivity index (χ2v) is 6.74. The van der Waals surface area contributed by atoms with Crippen molar-refractivity contribution >= 4 is 5.96 Å². The number of hydrogen-bond donors (Lipinski definition) is 1. The number of piperazine rings is 1. The zero-order valence-corrected chi connectivity index (χ0v) is 16.8. The van der Waals surface area contributed by atoms with Gasteiger partial charge in [0.2, 0.25) is 5.88 Å². The Hall–Kier alpha value is -2.61. The summed E-state index contributed by atoms with van der Waals surface area (Å²) in [6, 6.07) is 5.88. The molecule has 0 radical (unpaired) electrons. The van der Waals surface area contributed by atoms with E-state index in [2.05, 4.69) is 39.1 Å². The second-order valence-electron chi connectivity index (χ2n) is 6.74. The molecule has 2 aromatic heterocycles. The van der Waals surface area contributed by atoms with E-state index in [1.54, 1.807) is 12.5 Å². The van der Waals surface area contributed by atoms with Gasteiger partial charge < -0.3 is 19.5 Å². The van der Waals surface area contributed by atoms with Crippen LogP contribution in [0.15, 0.2) is 40.2 Å². The number of aromatic nitrogens is 2. The highest BCUT2D eigenvalue weighted by Gasteiger charge is 2.20. The Morgan fingerprint density at radius 1 is 1.25 bits per heavy atom. The summed E-state index contributed by atoms with van der Waals surface area (Å²) in [4.78, 5) is 13.9. The van der Waals surface area contributed by atoms with Gasteiger partial charge in [-0.15, -0.1) is 0 Å². The standard InChI is InChI=1S/C20H30N6O2/c1-3-13-27-19-17(6-5-8-22-19)15-23-20(21-4-2)26-11-9-25(10-12-26)16-18-7-14-28-24-18/h5-8,14H,3-4,9-13,15-16H2,1-2H3,(H,21,23). The van der Waals surface area contributed by atoms with Crippen LogP contribution in [-0.4, -0.2) is 65.2 Å².